The predicted molar refractivity (Wildman–Crippen MR) is 134 cm³/mol. The van der Waals surface area contributed by atoms with E-state index < -0.39 is 17.7 Å². The number of halogens is 1. The molecule has 1 amide bonds. The SMILES string of the molecule is COCCN1C(=O)C(=O)C(=C(O)c2ccc(OCc3cccc(C)c3)cc2)C1c1ccc(Cl)cc1. The zero-order chi connectivity index (χ0) is 24.9. The van der Waals surface area contributed by atoms with E-state index in [1.807, 2.05) is 25.1 Å². The highest BCUT2D eigenvalue weighted by Gasteiger charge is 2.45. The van der Waals surface area contributed by atoms with E-state index in [0.717, 1.165) is 11.1 Å². The molecule has 1 fully saturated rings. The molecule has 0 saturated carbocycles. The minimum Gasteiger partial charge on any atom is -0.507 e. The van der Waals surface area contributed by atoms with Gasteiger partial charge in [0.1, 0.15) is 18.1 Å². The molecular weight excluding hydrogens is 466 g/mol. The Hall–Kier alpha value is -3.61. The number of aliphatic hydroxyl groups is 1. The van der Waals surface area contributed by atoms with Gasteiger partial charge in [0.25, 0.3) is 11.7 Å². The van der Waals surface area contributed by atoms with Crippen molar-refractivity contribution >= 4 is 29.1 Å². The lowest BCUT2D eigenvalue weighted by Crippen LogP contribution is -2.32. The maximum Gasteiger partial charge on any atom is 0.295 e. The van der Waals surface area contributed by atoms with E-state index in [0.29, 0.717) is 28.5 Å². The fourth-order valence-electron chi connectivity index (χ4n) is 4.13. The zero-order valence-corrected chi connectivity index (χ0v) is 20.3. The number of carbonyl (C=O) groups is 2. The van der Waals surface area contributed by atoms with Crippen molar-refractivity contribution in [1.82, 2.24) is 4.90 Å². The fourth-order valence-corrected chi connectivity index (χ4v) is 4.25. The molecule has 1 unspecified atom stereocenters. The van der Waals surface area contributed by atoms with Gasteiger partial charge < -0.3 is 19.5 Å². The molecular formula is C28H26ClNO5. The average molecular weight is 492 g/mol. The molecule has 3 aromatic rings. The number of aryl methyl sites for hydroxylation is 1. The molecule has 1 N–H and O–H groups in total. The van der Waals surface area contributed by atoms with Crippen LogP contribution in [0.1, 0.15) is 28.3 Å². The molecule has 1 atom stereocenters. The van der Waals surface area contributed by atoms with Crippen LogP contribution in [0.5, 0.6) is 5.75 Å². The Bertz CT molecular complexity index is 1250. The third-order valence-corrected chi connectivity index (χ3v) is 6.13. The smallest absolute Gasteiger partial charge is 0.295 e. The summed E-state index contributed by atoms with van der Waals surface area (Å²) >= 11 is 6.04. The van der Waals surface area contributed by atoms with Crippen LogP contribution in [0.2, 0.25) is 5.02 Å². The van der Waals surface area contributed by atoms with E-state index in [1.165, 1.54) is 12.0 Å². The summed E-state index contributed by atoms with van der Waals surface area (Å²) in [5.41, 5.74) is 3.32. The van der Waals surface area contributed by atoms with Crippen LogP contribution in [0.4, 0.5) is 0 Å². The molecule has 6 nitrogen and oxygen atoms in total. The number of aliphatic hydroxyl groups excluding tert-OH is 1. The second-order valence-corrected chi connectivity index (χ2v) is 8.78. The van der Waals surface area contributed by atoms with E-state index in [-0.39, 0.29) is 24.5 Å². The highest BCUT2D eigenvalue weighted by molar-refractivity contribution is 6.46. The number of carbonyl (C=O) groups excluding carboxylic acids is 2. The predicted octanol–water partition coefficient (Wildman–Crippen LogP) is 5.30. The number of hydrogen-bond donors (Lipinski definition) is 1. The molecule has 0 aromatic heterocycles. The van der Waals surface area contributed by atoms with Gasteiger partial charge in [-0.2, -0.15) is 0 Å². The number of benzene rings is 3. The molecule has 0 aliphatic carbocycles. The minimum absolute atomic E-state index is 0.0295. The second kappa shape index (κ2) is 10.8. The van der Waals surface area contributed by atoms with Crippen molar-refractivity contribution in [2.75, 3.05) is 20.3 Å². The first kappa shape index (κ1) is 24.5. The highest BCUT2D eigenvalue weighted by Crippen LogP contribution is 2.39. The number of ether oxygens (including phenoxy) is 2. The molecule has 0 bridgehead atoms. The van der Waals surface area contributed by atoms with Gasteiger partial charge in [0.2, 0.25) is 0 Å². The topological polar surface area (TPSA) is 76.1 Å². The largest absolute Gasteiger partial charge is 0.507 e. The Morgan fingerprint density at radius 3 is 2.40 bits per heavy atom. The first-order valence-corrected chi connectivity index (χ1v) is 11.6. The van der Waals surface area contributed by atoms with Crippen LogP contribution in [0.3, 0.4) is 0 Å². The number of Topliss-reactive ketones (excluding diaryl/α,β-unsaturated/α-hetero) is 1. The quantitative estimate of drug-likeness (QED) is 0.263. The lowest BCUT2D eigenvalue weighted by Gasteiger charge is -2.25. The molecule has 0 spiro atoms. The summed E-state index contributed by atoms with van der Waals surface area (Å²) in [6.07, 6.45) is 0. The molecule has 35 heavy (non-hydrogen) atoms. The van der Waals surface area contributed by atoms with Gasteiger partial charge in [0, 0.05) is 24.2 Å². The average Bonchev–Trinajstić information content (AvgIpc) is 3.11. The first-order valence-electron chi connectivity index (χ1n) is 11.2. The third kappa shape index (κ3) is 5.39. The molecule has 1 heterocycles. The lowest BCUT2D eigenvalue weighted by atomic mass is 9.95. The van der Waals surface area contributed by atoms with Crippen LogP contribution in [0, 0.1) is 6.92 Å². The molecule has 1 aliphatic rings. The van der Waals surface area contributed by atoms with Crippen molar-refractivity contribution in [3.63, 3.8) is 0 Å². The van der Waals surface area contributed by atoms with Gasteiger partial charge in [-0.15, -0.1) is 0 Å². The van der Waals surface area contributed by atoms with Crippen LogP contribution >= 0.6 is 11.6 Å². The number of ketones is 1. The first-order chi connectivity index (χ1) is 16.9. The Morgan fingerprint density at radius 2 is 1.74 bits per heavy atom. The molecule has 1 saturated heterocycles. The van der Waals surface area contributed by atoms with Gasteiger partial charge in [-0.25, -0.2) is 0 Å². The van der Waals surface area contributed by atoms with Gasteiger partial charge in [-0.3, -0.25) is 9.59 Å². The van der Waals surface area contributed by atoms with E-state index in [9.17, 15) is 14.7 Å². The van der Waals surface area contributed by atoms with Crippen molar-refractivity contribution in [1.29, 1.82) is 0 Å². The summed E-state index contributed by atoms with van der Waals surface area (Å²) in [6, 6.07) is 21.0. The van der Waals surface area contributed by atoms with Crippen LogP contribution in [-0.2, 0) is 20.9 Å². The van der Waals surface area contributed by atoms with Crippen LogP contribution in [0.15, 0.2) is 78.4 Å². The van der Waals surface area contributed by atoms with Crippen molar-refractivity contribution in [2.45, 2.75) is 19.6 Å². The summed E-state index contributed by atoms with van der Waals surface area (Å²) in [6.45, 7) is 2.90. The normalized spacial score (nSPS) is 17.1. The van der Waals surface area contributed by atoms with E-state index in [1.54, 1.807) is 48.5 Å². The maximum atomic E-state index is 13.0. The summed E-state index contributed by atoms with van der Waals surface area (Å²) < 4.78 is 11.0. The van der Waals surface area contributed by atoms with Gasteiger partial charge in [0.15, 0.2) is 0 Å². The molecule has 0 radical (unpaired) electrons. The van der Waals surface area contributed by atoms with Crippen molar-refractivity contribution in [2.24, 2.45) is 0 Å². The van der Waals surface area contributed by atoms with Gasteiger partial charge in [-0.1, -0.05) is 53.6 Å². The summed E-state index contributed by atoms with van der Waals surface area (Å²) in [4.78, 5) is 27.2. The third-order valence-electron chi connectivity index (χ3n) is 5.88. The molecule has 180 valence electrons. The number of nitrogens with zero attached hydrogens (tertiary/aromatic N) is 1. The van der Waals surface area contributed by atoms with Crippen LogP contribution in [-0.4, -0.2) is 42.0 Å². The Balaban J connectivity index is 1.63. The van der Waals surface area contributed by atoms with E-state index >= 15 is 0 Å². The number of methoxy groups -OCH3 is 1. The van der Waals surface area contributed by atoms with Crippen molar-refractivity contribution in [3.05, 3.63) is 106 Å². The van der Waals surface area contributed by atoms with Crippen LogP contribution < -0.4 is 4.74 Å². The number of likely N-dealkylation sites (tertiary alicyclic amines) is 1. The minimum atomic E-state index is -0.750. The van der Waals surface area contributed by atoms with Crippen molar-refractivity contribution in [3.8, 4) is 5.75 Å². The summed E-state index contributed by atoms with van der Waals surface area (Å²) in [5, 5.41) is 11.7. The molecule has 3 aromatic carbocycles. The van der Waals surface area contributed by atoms with Crippen molar-refractivity contribution < 1.29 is 24.2 Å². The Morgan fingerprint density at radius 1 is 1.03 bits per heavy atom. The molecule has 1 aliphatic heterocycles. The van der Waals surface area contributed by atoms with Gasteiger partial charge >= 0.3 is 0 Å². The Labute approximate surface area is 209 Å². The number of amides is 1. The van der Waals surface area contributed by atoms with E-state index in [2.05, 4.69) is 6.07 Å². The second-order valence-electron chi connectivity index (χ2n) is 8.34. The standard InChI is InChI=1S/C28H26ClNO5/c1-18-4-3-5-19(16-18)17-35-23-12-8-21(9-13-23)26(31)24-25(20-6-10-22(29)11-7-20)30(14-15-34-2)28(33)27(24)32/h3-13,16,25,31H,14-15,17H2,1-2H3. The molecule has 4 rings (SSSR count). The highest BCUT2D eigenvalue weighted by atomic mass is 35.5. The van der Waals surface area contributed by atoms with E-state index in [4.69, 9.17) is 21.1 Å². The summed E-state index contributed by atoms with van der Waals surface area (Å²) in [7, 11) is 1.52. The monoisotopic (exact) mass is 491 g/mol. The maximum absolute atomic E-state index is 13.0. The summed E-state index contributed by atoms with van der Waals surface area (Å²) in [5.74, 6) is -1.04. The Kier molecular flexibility index (Phi) is 7.54. The van der Waals surface area contributed by atoms with Crippen LogP contribution in [0.25, 0.3) is 5.76 Å². The number of rotatable bonds is 8. The number of hydrogen-bond acceptors (Lipinski definition) is 5. The lowest BCUT2D eigenvalue weighted by molar-refractivity contribution is -0.140. The van der Waals surface area contributed by atoms with Gasteiger partial charge in [0.05, 0.1) is 18.2 Å². The fraction of sp³-hybridized carbons (Fsp3) is 0.214. The zero-order valence-electron chi connectivity index (χ0n) is 19.5. The molecule has 7 heteroatoms. The van der Waals surface area contributed by atoms with Gasteiger partial charge in [-0.05, 0) is 54.4 Å².